The van der Waals surface area contributed by atoms with Crippen LogP contribution in [0.15, 0.2) is 34.9 Å². The van der Waals surface area contributed by atoms with Crippen molar-refractivity contribution in [2.45, 2.75) is 38.5 Å². The number of methoxy groups -OCH3 is 1. The van der Waals surface area contributed by atoms with Crippen LogP contribution in [0, 0.1) is 0 Å². The SMILES string of the molecule is COc1ccc([C@@H](C)N(C)C(=O)c2cc(CN3CCC(O)CC3)on2)cc1. The van der Waals surface area contributed by atoms with E-state index in [2.05, 4.69) is 10.1 Å². The maximum atomic E-state index is 12.8. The number of carbonyl (C=O) groups excluding carboxylic acids is 1. The standard InChI is InChI=1S/C20H27N3O4/c1-14(15-4-6-17(26-3)7-5-15)22(2)20(25)19-12-18(27-21-19)13-23-10-8-16(24)9-11-23/h4-7,12,14,16,24H,8-11,13H2,1-3H3/t14-/m1/s1. The Hall–Kier alpha value is -2.38. The number of hydrogen-bond donors (Lipinski definition) is 1. The minimum absolute atomic E-state index is 0.105. The third-order valence-electron chi connectivity index (χ3n) is 5.21. The third kappa shape index (κ3) is 4.67. The molecule has 1 atom stereocenters. The second-order valence-electron chi connectivity index (χ2n) is 7.05. The third-order valence-corrected chi connectivity index (χ3v) is 5.21. The summed E-state index contributed by atoms with van der Waals surface area (Å²) in [7, 11) is 3.39. The van der Waals surface area contributed by atoms with Crippen molar-refractivity contribution in [3.63, 3.8) is 0 Å². The molecule has 1 saturated heterocycles. The van der Waals surface area contributed by atoms with E-state index in [1.165, 1.54) is 0 Å². The van der Waals surface area contributed by atoms with Crippen LogP contribution in [0.5, 0.6) is 5.75 Å². The Kier molecular flexibility index (Phi) is 6.13. The van der Waals surface area contributed by atoms with E-state index < -0.39 is 0 Å². The second-order valence-corrected chi connectivity index (χ2v) is 7.05. The number of aliphatic hydroxyl groups excluding tert-OH is 1. The van der Waals surface area contributed by atoms with E-state index in [-0.39, 0.29) is 18.1 Å². The molecule has 0 aliphatic carbocycles. The largest absolute Gasteiger partial charge is 0.497 e. The molecule has 1 aromatic heterocycles. The summed E-state index contributed by atoms with van der Waals surface area (Å²) in [5.41, 5.74) is 1.33. The summed E-state index contributed by atoms with van der Waals surface area (Å²) < 4.78 is 10.5. The highest BCUT2D eigenvalue weighted by atomic mass is 16.5. The summed E-state index contributed by atoms with van der Waals surface area (Å²) in [6, 6.07) is 9.28. The number of likely N-dealkylation sites (tertiary alicyclic amines) is 1. The van der Waals surface area contributed by atoms with Gasteiger partial charge in [0.2, 0.25) is 0 Å². The molecular weight excluding hydrogens is 346 g/mol. The smallest absolute Gasteiger partial charge is 0.276 e. The van der Waals surface area contributed by atoms with Gasteiger partial charge in [0, 0.05) is 26.2 Å². The van der Waals surface area contributed by atoms with Crippen LogP contribution in [-0.2, 0) is 6.54 Å². The maximum Gasteiger partial charge on any atom is 0.276 e. The van der Waals surface area contributed by atoms with Gasteiger partial charge in [0.25, 0.3) is 5.91 Å². The zero-order valence-corrected chi connectivity index (χ0v) is 16.1. The highest BCUT2D eigenvalue weighted by molar-refractivity contribution is 5.92. The summed E-state index contributed by atoms with van der Waals surface area (Å²) in [5.74, 6) is 1.27. The maximum absolute atomic E-state index is 12.8. The van der Waals surface area contributed by atoms with Crippen LogP contribution in [0.1, 0.15) is 47.6 Å². The molecule has 2 aromatic rings. The summed E-state index contributed by atoms with van der Waals surface area (Å²) >= 11 is 0. The molecule has 7 heteroatoms. The molecule has 0 bridgehead atoms. The van der Waals surface area contributed by atoms with Crippen LogP contribution in [0.3, 0.4) is 0 Å². The lowest BCUT2D eigenvalue weighted by molar-refractivity contribution is 0.0724. The van der Waals surface area contributed by atoms with E-state index in [1.807, 2.05) is 31.2 Å². The van der Waals surface area contributed by atoms with Crippen molar-refractivity contribution in [2.24, 2.45) is 0 Å². The van der Waals surface area contributed by atoms with Gasteiger partial charge in [0.1, 0.15) is 5.75 Å². The van der Waals surface area contributed by atoms with E-state index in [4.69, 9.17) is 9.26 Å². The lowest BCUT2D eigenvalue weighted by Gasteiger charge is -2.28. The van der Waals surface area contributed by atoms with Gasteiger partial charge in [-0.15, -0.1) is 0 Å². The summed E-state index contributed by atoms with van der Waals surface area (Å²) in [6.45, 7) is 4.21. The second kappa shape index (κ2) is 8.54. The van der Waals surface area contributed by atoms with E-state index in [0.717, 1.165) is 37.2 Å². The molecule has 3 rings (SSSR count). The van der Waals surface area contributed by atoms with Crippen LogP contribution in [0.25, 0.3) is 0 Å². The summed E-state index contributed by atoms with van der Waals surface area (Å²) in [6.07, 6.45) is 1.32. The summed E-state index contributed by atoms with van der Waals surface area (Å²) in [5, 5.41) is 13.5. The molecule has 0 saturated carbocycles. The molecule has 27 heavy (non-hydrogen) atoms. The molecule has 2 heterocycles. The van der Waals surface area contributed by atoms with Gasteiger partial charge in [-0.25, -0.2) is 0 Å². The lowest BCUT2D eigenvalue weighted by atomic mass is 10.1. The van der Waals surface area contributed by atoms with E-state index >= 15 is 0 Å². The Balaban J connectivity index is 1.61. The molecule has 0 spiro atoms. The average molecular weight is 373 g/mol. The number of aromatic nitrogens is 1. The Bertz CT molecular complexity index is 751. The van der Waals surface area contributed by atoms with Crippen LogP contribution >= 0.6 is 0 Å². The van der Waals surface area contributed by atoms with Crippen LogP contribution in [0.2, 0.25) is 0 Å². The van der Waals surface area contributed by atoms with Gasteiger partial charge < -0.3 is 19.3 Å². The van der Waals surface area contributed by atoms with E-state index in [9.17, 15) is 9.90 Å². The van der Waals surface area contributed by atoms with Gasteiger partial charge in [-0.2, -0.15) is 0 Å². The molecule has 146 valence electrons. The van der Waals surface area contributed by atoms with Crippen LogP contribution in [0.4, 0.5) is 0 Å². The number of aliphatic hydroxyl groups is 1. The van der Waals surface area contributed by atoms with Gasteiger partial charge in [-0.05, 0) is 37.5 Å². The first-order chi connectivity index (χ1) is 13.0. The molecule has 0 radical (unpaired) electrons. The first-order valence-electron chi connectivity index (χ1n) is 9.25. The first kappa shape index (κ1) is 19.4. The number of piperidine rings is 1. The van der Waals surface area contributed by atoms with E-state index in [1.54, 1.807) is 25.1 Å². The zero-order valence-electron chi connectivity index (χ0n) is 16.1. The van der Waals surface area contributed by atoms with Crippen molar-refractivity contribution in [2.75, 3.05) is 27.2 Å². The predicted octanol–water partition coefficient (Wildman–Crippen LogP) is 2.47. The van der Waals surface area contributed by atoms with Gasteiger partial charge >= 0.3 is 0 Å². The quantitative estimate of drug-likeness (QED) is 0.838. The highest BCUT2D eigenvalue weighted by Gasteiger charge is 2.24. The first-order valence-corrected chi connectivity index (χ1v) is 9.25. The minimum atomic E-state index is -0.207. The van der Waals surface area contributed by atoms with Crippen molar-refractivity contribution in [1.29, 1.82) is 0 Å². The molecule has 1 aliphatic heterocycles. The molecule has 1 N–H and O–H groups in total. The van der Waals surface area contributed by atoms with Crippen molar-refractivity contribution in [1.82, 2.24) is 15.0 Å². The normalized spacial score (nSPS) is 16.9. The molecule has 7 nitrogen and oxygen atoms in total. The number of nitrogens with zero attached hydrogens (tertiary/aromatic N) is 3. The fraction of sp³-hybridized carbons (Fsp3) is 0.500. The number of ether oxygens (including phenoxy) is 1. The van der Waals surface area contributed by atoms with Crippen molar-refractivity contribution < 1.29 is 19.2 Å². The van der Waals surface area contributed by atoms with Gasteiger partial charge in [-0.1, -0.05) is 17.3 Å². The Morgan fingerprint density at radius 1 is 1.37 bits per heavy atom. The average Bonchev–Trinajstić information content (AvgIpc) is 3.16. The number of rotatable bonds is 6. The molecule has 1 amide bonds. The molecule has 1 aromatic carbocycles. The number of amides is 1. The molecule has 0 unspecified atom stereocenters. The lowest BCUT2D eigenvalue weighted by Crippen LogP contribution is -2.35. The minimum Gasteiger partial charge on any atom is -0.497 e. The van der Waals surface area contributed by atoms with Crippen molar-refractivity contribution in [3.8, 4) is 5.75 Å². The topological polar surface area (TPSA) is 79.0 Å². The monoisotopic (exact) mass is 373 g/mol. The molecule has 1 fully saturated rings. The fourth-order valence-electron chi connectivity index (χ4n) is 3.25. The fourth-order valence-corrected chi connectivity index (χ4v) is 3.25. The van der Waals surface area contributed by atoms with E-state index in [0.29, 0.717) is 18.0 Å². The molecule has 1 aliphatic rings. The number of carbonyl (C=O) groups is 1. The Morgan fingerprint density at radius 2 is 2.04 bits per heavy atom. The number of benzene rings is 1. The summed E-state index contributed by atoms with van der Waals surface area (Å²) in [4.78, 5) is 16.6. The predicted molar refractivity (Wildman–Crippen MR) is 101 cm³/mol. The van der Waals surface area contributed by atoms with Crippen LogP contribution < -0.4 is 4.74 Å². The highest BCUT2D eigenvalue weighted by Crippen LogP contribution is 2.23. The van der Waals surface area contributed by atoms with Gasteiger partial charge in [-0.3, -0.25) is 9.69 Å². The van der Waals surface area contributed by atoms with Crippen molar-refractivity contribution >= 4 is 5.91 Å². The van der Waals surface area contributed by atoms with Gasteiger partial charge in [0.15, 0.2) is 11.5 Å². The number of hydrogen-bond acceptors (Lipinski definition) is 6. The van der Waals surface area contributed by atoms with Crippen molar-refractivity contribution in [3.05, 3.63) is 47.3 Å². The zero-order chi connectivity index (χ0) is 19.4. The van der Waals surface area contributed by atoms with Crippen LogP contribution in [-0.4, -0.2) is 59.3 Å². The van der Waals surface area contributed by atoms with Gasteiger partial charge in [0.05, 0.1) is 25.8 Å². The Labute approximate surface area is 159 Å². The molecular formula is C20H27N3O4. The Morgan fingerprint density at radius 3 is 2.67 bits per heavy atom.